The van der Waals surface area contributed by atoms with Gasteiger partial charge in [-0.1, -0.05) is 64.7 Å². The lowest BCUT2D eigenvalue weighted by Gasteiger charge is -2.19. The summed E-state index contributed by atoms with van der Waals surface area (Å²) < 4.78 is 0. The Kier molecular flexibility index (Phi) is 15.3. The Hall–Kier alpha value is -0.610. The number of carbonyl (C=O) groups is 1. The summed E-state index contributed by atoms with van der Waals surface area (Å²) in [4.78, 5) is 12.8. The fourth-order valence-corrected chi connectivity index (χ4v) is 2.60. The number of unbranched alkanes of at least 4 members (excludes halogenated alkanes) is 9. The molecule has 0 radical (unpaired) electrons. The van der Waals surface area contributed by atoms with Gasteiger partial charge in [-0.25, -0.2) is 0 Å². The number of hydrogen-bond acceptors (Lipinski definition) is 3. The van der Waals surface area contributed by atoms with Gasteiger partial charge in [0.15, 0.2) is 0 Å². The van der Waals surface area contributed by atoms with E-state index in [1.54, 1.807) is 0 Å². The fraction of sp³-hybridized carbons (Fsp3) is 0.941. The largest absolute Gasteiger partial charge is 0.480 e. The first kappa shape index (κ1) is 20.4. The molecule has 0 amide bonds. The van der Waals surface area contributed by atoms with Crippen molar-refractivity contribution in [1.29, 1.82) is 0 Å². The van der Waals surface area contributed by atoms with Crippen molar-refractivity contribution in [2.75, 3.05) is 26.2 Å². The standard InChI is InChI=1S/C17H36N2O2/c1-2-3-4-5-6-7-8-9-10-11-14-19(15-12-13-18)16-17(20)21/h2-16,18H2,1H3,(H,20,21). The van der Waals surface area contributed by atoms with E-state index in [-0.39, 0.29) is 6.54 Å². The summed E-state index contributed by atoms with van der Waals surface area (Å²) in [7, 11) is 0. The normalized spacial score (nSPS) is 11.2. The molecule has 0 aromatic heterocycles. The van der Waals surface area contributed by atoms with E-state index < -0.39 is 5.97 Å². The van der Waals surface area contributed by atoms with Crippen LogP contribution in [0.3, 0.4) is 0 Å². The second kappa shape index (κ2) is 15.8. The molecule has 0 aliphatic carbocycles. The Bertz CT molecular complexity index is 235. The molecule has 0 bridgehead atoms. The van der Waals surface area contributed by atoms with E-state index in [0.29, 0.717) is 6.54 Å². The molecule has 0 unspecified atom stereocenters. The van der Waals surface area contributed by atoms with Crippen molar-refractivity contribution < 1.29 is 9.90 Å². The molecule has 4 nitrogen and oxygen atoms in total. The smallest absolute Gasteiger partial charge is 0.317 e. The summed E-state index contributed by atoms with van der Waals surface area (Å²) in [5.41, 5.74) is 5.49. The van der Waals surface area contributed by atoms with Crippen LogP contribution in [0.25, 0.3) is 0 Å². The molecular weight excluding hydrogens is 264 g/mol. The molecule has 21 heavy (non-hydrogen) atoms. The molecule has 0 aromatic rings. The molecule has 0 rings (SSSR count). The van der Waals surface area contributed by atoms with Gasteiger partial charge in [-0.3, -0.25) is 9.69 Å². The van der Waals surface area contributed by atoms with Gasteiger partial charge in [0.25, 0.3) is 0 Å². The van der Waals surface area contributed by atoms with Crippen molar-refractivity contribution in [1.82, 2.24) is 4.90 Å². The van der Waals surface area contributed by atoms with Gasteiger partial charge in [-0.05, 0) is 32.5 Å². The van der Waals surface area contributed by atoms with Gasteiger partial charge in [0.05, 0.1) is 6.54 Å². The maximum atomic E-state index is 10.8. The van der Waals surface area contributed by atoms with E-state index in [1.165, 1.54) is 57.8 Å². The van der Waals surface area contributed by atoms with Crippen molar-refractivity contribution in [2.45, 2.75) is 77.6 Å². The summed E-state index contributed by atoms with van der Waals surface area (Å²) in [5.74, 6) is -0.737. The quantitative estimate of drug-likeness (QED) is 0.427. The zero-order chi connectivity index (χ0) is 15.8. The third kappa shape index (κ3) is 15.6. The number of carboxylic acids is 1. The molecule has 0 aliphatic rings. The van der Waals surface area contributed by atoms with E-state index >= 15 is 0 Å². The average Bonchev–Trinajstić information content (AvgIpc) is 2.46. The van der Waals surface area contributed by atoms with Gasteiger partial charge in [0.2, 0.25) is 0 Å². The van der Waals surface area contributed by atoms with Crippen molar-refractivity contribution in [3.05, 3.63) is 0 Å². The predicted octanol–water partition coefficient (Wildman–Crippen LogP) is 3.64. The number of rotatable bonds is 16. The van der Waals surface area contributed by atoms with Gasteiger partial charge in [0, 0.05) is 0 Å². The molecule has 0 atom stereocenters. The molecule has 3 N–H and O–H groups in total. The second-order valence-corrected chi connectivity index (χ2v) is 5.99. The molecular formula is C17H36N2O2. The minimum atomic E-state index is -0.737. The van der Waals surface area contributed by atoms with Crippen LogP contribution in [-0.2, 0) is 4.79 Å². The Labute approximate surface area is 131 Å². The highest BCUT2D eigenvalue weighted by atomic mass is 16.4. The Morgan fingerprint density at radius 1 is 0.857 bits per heavy atom. The second-order valence-electron chi connectivity index (χ2n) is 5.99. The van der Waals surface area contributed by atoms with Gasteiger partial charge in [-0.15, -0.1) is 0 Å². The average molecular weight is 300 g/mol. The van der Waals surface area contributed by atoms with Crippen LogP contribution in [0.5, 0.6) is 0 Å². The summed E-state index contributed by atoms with van der Waals surface area (Å²) in [6.07, 6.45) is 14.0. The number of nitrogens with two attached hydrogens (primary N) is 1. The number of nitrogens with zero attached hydrogens (tertiary/aromatic N) is 1. The molecule has 0 aromatic carbocycles. The third-order valence-electron chi connectivity index (χ3n) is 3.87. The zero-order valence-electron chi connectivity index (χ0n) is 14.0. The topological polar surface area (TPSA) is 66.6 Å². The lowest BCUT2D eigenvalue weighted by Crippen LogP contribution is -2.32. The van der Waals surface area contributed by atoms with E-state index in [0.717, 1.165) is 25.9 Å². The minimum Gasteiger partial charge on any atom is -0.480 e. The molecule has 0 saturated carbocycles. The summed E-state index contributed by atoms with van der Waals surface area (Å²) >= 11 is 0. The highest BCUT2D eigenvalue weighted by Crippen LogP contribution is 2.10. The van der Waals surface area contributed by atoms with Crippen molar-refractivity contribution in [3.8, 4) is 0 Å². The minimum absolute atomic E-state index is 0.150. The van der Waals surface area contributed by atoms with Crippen LogP contribution in [0.15, 0.2) is 0 Å². The summed E-state index contributed by atoms with van der Waals surface area (Å²) in [6, 6.07) is 0. The molecule has 0 saturated heterocycles. The highest BCUT2D eigenvalue weighted by molar-refractivity contribution is 5.69. The van der Waals surface area contributed by atoms with Crippen LogP contribution in [-0.4, -0.2) is 42.2 Å². The monoisotopic (exact) mass is 300 g/mol. The summed E-state index contributed by atoms with van der Waals surface area (Å²) in [5, 5.41) is 8.87. The Morgan fingerprint density at radius 2 is 1.33 bits per heavy atom. The van der Waals surface area contributed by atoms with Crippen LogP contribution < -0.4 is 5.73 Å². The number of hydrogen-bond donors (Lipinski definition) is 2. The SMILES string of the molecule is CCCCCCCCCCCCN(CCCN)CC(=O)O. The van der Waals surface area contributed by atoms with Crippen molar-refractivity contribution in [3.63, 3.8) is 0 Å². The number of carboxylic acid groups (broad SMARTS) is 1. The van der Waals surface area contributed by atoms with Gasteiger partial charge < -0.3 is 10.8 Å². The molecule has 0 fully saturated rings. The van der Waals surface area contributed by atoms with E-state index in [2.05, 4.69) is 6.92 Å². The van der Waals surface area contributed by atoms with Gasteiger partial charge in [-0.2, -0.15) is 0 Å². The maximum Gasteiger partial charge on any atom is 0.317 e. The van der Waals surface area contributed by atoms with Gasteiger partial charge >= 0.3 is 5.97 Å². The van der Waals surface area contributed by atoms with Crippen molar-refractivity contribution >= 4 is 5.97 Å². The van der Waals surface area contributed by atoms with E-state index in [4.69, 9.17) is 10.8 Å². The first-order valence-electron chi connectivity index (χ1n) is 8.85. The first-order valence-corrected chi connectivity index (χ1v) is 8.85. The van der Waals surface area contributed by atoms with Crippen LogP contribution >= 0.6 is 0 Å². The molecule has 0 aliphatic heterocycles. The van der Waals surface area contributed by atoms with Gasteiger partial charge in [0.1, 0.15) is 0 Å². The summed E-state index contributed by atoms with van der Waals surface area (Å²) in [6.45, 7) is 4.73. The van der Waals surface area contributed by atoms with Crippen molar-refractivity contribution in [2.24, 2.45) is 5.73 Å². The zero-order valence-corrected chi connectivity index (χ0v) is 14.0. The molecule has 4 heteroatoms. The van der Waals surface area contributed by atoms with Crippen LogP contribution in [0.4, 0.5) is 0 Å². The lowest BCUT2D eigenvalue weighted by atomic mass is 10.1. The number of aliphatic carboxylic acids is 1. The molecule has 0 spiro atoms. The van der Waals surface area contributed by atoms with Crippen LogP contribution in [0, 0.1) is 0 Å². The maximum absolute atomic E-state index is 10.8. The predicted molar refractivity (Wildman–Crippen MR) is 89.6 cm³/mol. The molecule has 126 valence electrons. The Balaban J connectivity index is 3.42. The van der Waals surface area contributed by atoms with Crippen LogP contribution in [0.2, 0.25) is 0 Å². The third-order valence-corrected chi connectivity index (χ3v) is 3.87. The van der Waals surface area contributed by atoms with Crippen LogP contribution in [0.1, 0.15) is 77.6 Å². The lowest BCUT2D eigenvalue weighted by molar-refractivity contribution is -0.138. The van der Waals surface area contributed by atoms with E-state index in [1.807, 2.05) is 4.90 Å². The van der Waals surface area contributed by atoms with E-state index in [9.17, 15) is 4.79 Å². The Morgan fingerprint density at radius 3 is 1.81 bits per heavy atom. The molecule has 0 heterocycles. The highest BCUT2D eigenvalue weighted by Gasteiger charge is 2.08. The first-order chi connectivity index (χ1) is 10.2. The fourth-order valence-electron chi connectivity index (χ4n) is 2.60.